The molecule has 0 radical (unpaired) electrons. The van der Waals surface area contributed by atoms with Crippen LogP contribution in [0.5, 0.6) is 11.5 Å². The van der Waals surface area contributed by atoms with Crippen LogP contribution in [0.2, 0.25) is 0 Å². The van der Waals surface area contributed by atoms with E-state index >= 15 is 0 Å². The van der Waals surface area contributed by atoms with E-state index in [0.29, 0.717) is 17.0 Å². The summed E-state index contributed by atoms with van der Waals surface area (Å²) in [6.45, 7) is -0.463. The van der Waals surface area contributed by atoms with Gasteiger partial charge < -0.3 is 14.9 Å². The second-order valence-electron chi connectivity index (χ2n) is 7.27. The number of nitrogens with one attached hydrogen (secondary N) is 1. The zero-order chi connectivity index (χ0) is 25.0. The highest BCUT2D eigenvalue weighted by Crippen LogP contribution is 2.35. The minimum Gasteiger partial charge on any atom is -0.457 e. The van der Waals surface area contributed by atoms with E-state index in [-0.39, 0.29) is 22.2 Å². The van der Waals surface area contributed by atoms with Crippen molar-refractivity contribution >= 4 is 22.4 Å². The number of ether oxygens (including phenoxy) is 1. The summed E-state index contributed by atoms with van der Waals surface area (Å²) in [7, 11) is 0. The lowest BCUT2D eigenvalue weighted by atomic mass is 10.1. The van der Waals surface area contributed by atoms with E-state index in [1.807, 2.05) is 0 Å². The maximum Gasteiger partial charge on any atom is 0.416 e. The summed E-state index contributed by atoms with van der Waals surface area (Å²) in [5, 5.41) is 23.2. The summed E-state index contributed by atoms with van der Waals surface area (Å²) in [6, 6.07) is 14.2. The smallest absolute Gasteiger partial charge is 0.416 e. The molecule has 2 aromatic carbocycles. The van der Waals surface area contributed by atoms with Crippen molar-refractivity contribution in [2.75, 3.05) is 11.9 Å². The van der Waals surface area contributed by atoms with Gasteiger partial charge in [0.05, 0.1) is 29.1 Å². The second kappa shape index (κ2) is 10.2. The van der Waals surface area contributed by atoms with Gasteiger partial charge in [-0.25, -0.2) is 9.97 Å². The largest absolute Gasteiger partial charge is 0.457 e. The molecule has 0 aliphatic heterocycles. The minimum atomic E-state index is -4.64. The van der Waals surface area contributed by atoms with Gasteiger partial charge in [0.2, 0.25) is 0 Å². The summed E-state index contributed by atoms with van der Waals surface area (Å²) < 4.78 is 45.5. The first-order valence-corrected chi connectivity index (χ1v) is 11.1. The predicted molar refractivity (Wildman–Crippen MR) is 123 cm³/mol. The van der Waals surface area contributed by atoms with Crippen molar-refractivity contribution in [1.82, 2.24) is 9.97 Å². The molecule has 1 atom stereocenters. The van der Waals surface area contributed by atoms with Gasteiger partial charge in [0, 0.05) is 17.1 Å². The van der Waals surface area contributed by atoms with Gasteiger partial charge in [-0.05, 0) is 54.6 Å². The molecule has 11 heteroatoms. The van der Waals surface area contributed by atoms with Crippen molar-refractivity contribution in [1.29, 1.82) is 0 Å². The number of carbonyl (C=O) groups excluding carboxylic acids is 1. The molecule has 4 rings (SSSR count). The summed E-state index contributed by atoms with van der Waals surface area (Å²) in [6.07, 6.45) is -4.28. The third-order valence-electron chi connectivity index (χ3n) is 4.87. The Balaban J connectivity index is 1.60. The second-order valence-corrected chi connectivity index (χ2v) is 8.17. The minimum absolute atomic E-state index is 0.0639. The number of thiazole rings is 1. The first kappa shape index (κ1) is 24.3. The molecule has 2 heterocycles. The van der Waals surface area contributed by atoms with Gasteiger partial charge in [-0.3, -0.25) is 10.1 Å². The highest BCUT2D eigenvalue weighted by Gasteiger charge is 2.32. The summed E-state index contributed by atoms with van der Waals surface area (Å²) >= 11 is 1.13. The molecule has 0 fully saturated rings. The molecule has 0 aliphatic carbocycles. The summed E-state index contributed by atoms with van der Waals surface area (Å²) in [5.41, 5.74) is 0.246. The SMILES string of the molecule is O=C(Nc1nccs1)c1cc(C(F)(F)F)ccc1Oc1ccc(-c2cccc([C@H](O)CO)n2)cc1. The first-order valence-electron chi connectivity index (χ1n) is 10.2. The van der Waals surface area contributed by atoms with Crippen LogP contribution in [-0.2, 0) is 6.18 Å². The van der Waals surface area contributed by atoms with Crippen LogP contribution in [0.1, 0.15) is 27.7 Å². The fourth-order valence-electron chi connectivity index (χ4n) is 3.13. The van der Waals surface area contributed by atoms with E-state index in [1.54, 1.807) is 47.8 Å². The average molecular weight is 501 g/mol. The third kappa shape index (κ3) is 5.83. The number of benzene rings is 2. The normalized spacial score (nSPS) is 12.3. The summed E-state index contributed by atoms with van der Waals surface area (Å²) in [5.74, 6) is -0.574. The zero-order valence-corrected chi connectivity index (χ0v) is 18.7. The van der Waals surface area contributed by atoms with E-state index in [2.05, 4.69) is 15.3 Å². The molecule has 3 N–H and O–H groups in total. The van der Waals surface area contributed by atoms with Crippen molar-refractivity contribution in [2.24, 2.45) is 0 Å². The lowest BCUT2D eigenvalue weighted by molar-refractivity contribution is -0.137. The van der Waals surface area contributed by atoms with Gasteiger partial charge in [-0.2, -0.15) is 13.2 Å². The van der Waals surface area contributed by atoms with Gasteiger partial charge in [0.1, 0.15) is 17.6 Å². The summed E-state index contributed by atoms with van der Waals surface area (Å²) in [4.78, 5) is 20.9. The van der Waals surface area contributed by atoms with Gasteiger partial charge in [-0.15, -0.1) is 11.3 Å². The Bertz CT molecular complexity index is 1310. The number of aliphatic hydroxyl groups excluding tert-OH is 2. The Kier molecular flexibility index (Phi) is 7.10. The molecule has 35 heavy (non-hydrogen) atoms. The number of alkyl halides is 3. The number of aliphatic hydroxyl groups is 2. The Hall–Kier alpha value is -3.80. The average Bonchev–Trinajstić information content (AvgIpc) is 3.36. The number of nitrogens with zero attached hydrogens (tertiary/aromatic N) is 2. The number of amides is 1. The van der Waals surface area contributed by atoms with E-state index in [4.69, 9.17) is 9.84 Å². The Morgan fingerprint density at radius 3 is 2.54 bits per heavy atom. The van der Waals surface area contributed by atoms with E-state index in [1.165, 1.54) is 6.20 Å². The first-order chi connectivity index (χ1) is 16.7. The molecule has 1 amide bonds. The van der Waals surface area contributed by atoms with Crippen LogP contribution in [0.4, 0.5) is 18.3 Å². The van der Waals surface area contributed by atoms with Gasteiger partial charge in [0.15, 0.2) is 5.13 Å². The Morgan fingerprint density at radius 1 is 1.11 bits per heavy atom. The number of aromatic nitrogens is 2. The van der Waals surface area contributed by atoms with Gasteiger partial charge >= 0.3 is 6.18 Å². The van der Waals surface area contributed by atoms with Crippen molar-refractivity contribution in [3.05, 3.63) is 89.1 Å². The zero-order valence-electron chi connectivity index (χ0n) is 17.9. The fraction of sp³-hybridized carbons (Fsp3) is 0.125. The molecule has 2 aromatic heterocycles. The fourth-order valence-corrected chi connectivity index (χ4v) is 3.66. The molecular formula is C24H18F3N3O4S. The van der Waals surface area contributed by atoms with Crippen LogP contribution in [0.3, 0.4) is 0 Å². The number of pyridine rings is 1. The van der Waals surface area contributed by atoms with Crippen LogP contribution >= 0.6 is 11.3 Å². The van der Waals surface area contributed by atoms with Crippen molar-refractivity contribution in [3.63, 3.8) is 0 Å². The van der Waals surface area contributed by atoms with Gasteiger partial charge in [0.25, 0.3) is 5.91 Å². The molecule has 7 nitrogen and oxygen atoms in total. The molecule has 0 saturated carbocycles. The highest BCUT2D eigenvalue weighted by molar-refractivity contribution is 7.13. The number of anilines is 1. The number of carbonyl (C=O) groups is 1. The van der Waals surface area contributed by atoms with Crippen molar-refractivity contribution in [3.8, 4) is 22.8 Å². The predicted octanol–water partition coefficient (Wildman–Crippen LogP) is 5.29. The lowest BCUT2D eigenvalue weighted by Gasteiger charge is -2.14. The quantitative estimate of drug-likeness (QED) is 0.318. The standard InChI is InChI=1S/C24H18F3N3O4S/c25-24(26,27)15-6-9-21(17(12-15)22(33)30-23-28-10-11-35-23)34-16-7-4-14(5-8-16)18-2-1-3-19(29-18)20(32)13-31/h1-12,20,31-32H,13H2,(H,28,30,33)/t20-/m1/s1. The molecule has 180 valence electrons. The molecular weight excluding hydrogens is 483 g/mol. The van der Waals surface area contributed by atoms with Crippen LogP contribution < -0.4 is 10.1 Å². The third-order valence-corrected chi connectivity index (χ3v) is 5.56. The van der Waals surface area contributed by atoms with Crippen LogP contribution in [0, 0.1) is 0 Å². The Morgan fingerprint density at radius 2 is 1.89 bits per heavy atom. The van der Waals surface area contributed by atoms with Crippen LogP contribution in [0.15, 0.2) is 72.2 Å². The molecule has 0 bridgehead atoms. The van der Waals surface area contributed by atoms with Crippen molar-refractivity contribution in [2.45, 2.75) is 12.3 Å². The number of halogens is 3. The van der Waals surface area contributed by atoms with E-state index in [0.717, 1.165) is 29.5 Å². The van der Waals surface area contributed by atoms with Crippen LogP contribution in [-0.4, -0.2) is 32.7 Å². The lowest BCUT2D eigenvalue weighted by Crippen LogP contribution is -2.15. The monoisotopic (exact) mass is 501 g/mol. The molecule has 4 aromatic rings. The van der Waals surface area contributed by atoms with Crippen LogP contribution in [0.25, 0.3) is 11.3 Å². The number of hydrogen-bond donors (Lipinski definition) is 3. The van der Waals surface area contributed by atoms with E-state index in [9.17, 15) is 23.1 Å². The van der Waals surface area contributed by atoms with Gasteiger partial charge in [-0.1, -0.05) is 6.07 Å². The molecule has 0 unspecified atom stereocenters. The maximum atomic E-state index is 13.3. The number of rotatable bonds is 7. The maximum absolute atomic E-state index is 13.3. The molecule has 0 saturated heterocycles. The molecule has 0 spiro atoms. The number of hydrogen-bond acceptors (Lipinski definition) is 7. The Labute approximate surface area is 201 Å². The highest BCUT2D eigenvalue weighted by atomic mass is 32.1. The van der Waals surface area contributed by atoms with E-state index < -0.39 is 30.4 Å². The molecule has 0 aliphatic rings. The topological polar surface area (TPSA) is 105 Å². The van der Waals surface area contributed by atoms with Crippen molar-refractivity contribution < 1.29 is 32.9 Å².